The van der Waals surface area contributed by atoms with Crippen LogP contribution in [0, 0.1) is 5.82 Å². The molecule has 0 unspecified atom stereocenters. The lowest BCUT2D eigenvalue weighted by atomic mass is 10.2. The van der Waals surface area contributed by atoms with Gasteiger partial charge in [0.05, 0.1) is 0 Å². The minimum Gasteiger partial charge on any atom is -0.326 e. The maximum atomic E-state index is 13.0. The number of anilines is 3. The van der Waals surface area contributed by atoms with Crippen LogP contribution in [0.5, 0.6) is 0 Å². The number of hydrogen-bond donors (Lipinski definition) is 3. The van der Waals surface area contributed by atoms with Gasteiger partial charge in [-0.1, -0.05) is 6.07 Å². The van der Waals surface area contributed by atoms with Gasteiger partial charge in [-0.25, -0.2) is 4.39 Å². The summed E-state index contributed by atoms with van der Waals surface area (Å²) in [5.74, 6) is -1.61. The molecule has 0 aliphatic rings. The molecule has 3 rings (SSSR count). The highest BCUT2D eigenvalue weighted by Gasteiger charge is 2.13. The molecule has 3 N–H and O–H groups in total. The van der Waals surface area contributed by atoms with E-state index < -0.39 is 17.6 Å². The second kappa shape index (κ2) is 8.75. The number of amides is 3. The highest BCUT2D eigenvalue weighted by Crippen LogP contribution is 2.16. The van der Waals surface area contributed by atoms with Crippen LogP contribution in [0.25, 0.3) is 0 Å². The van der Waals surface area contributed by atoms with Gasteiger partial charge in [-0.05, 0) is 54.6 Å². The van der Waals surface area contributed by atoms with Gasteiger partial charge in [0.2, 0.25) is 5.91 Å². The van der Waals surface area contributed by atoms with Gasteiger partial charge in [-0.15, -0.1) is 0 Å². The predicted molar refractivity (Wildman–Crippen MR) is 107 cm³/mol. The van der Waals surface area contributed by atoms with Crippen molar-refractivity contribution < 1.29 is 18.8 Å². The Morgan fingerprint density at radius 1 is 0.793 bits per heavy atom. The van der Waals surface area contributed by atoms with E-state index in [4.69, 9.17) is 0 Å². The highest BCUT2D eigenvalue weighted by molar-refractivity contribution is 6.08. The van der Waals surface area contributed by atoms with Crippen LogP contribution in [-0.2, 0) is 4.79 Å². The van der Waals surface area contributed by atoms with Gasteiger partial charge in [-0.3, -0.25) is 19.4 Å². The summed E-state index contributed by atoms with van der Waals surface area (Å²) in [4.78, 5) is 40.0. The standard InChI is InChI=1S/C21H17FN4O3/c1-13(27)24-17-3-2-4-18(12-17)26-21(29)19-11-14(9-10-23-19)20(28)25-16-7-5-15(22)6-8-16/h2-12H,1H3,(H,24,27)(H,25,28)(H,26,29). The van der Waals surface area contributed by atoms with E-state index in [9.17, 15) is 18.8 Å². The topological polar surface area (TPSA) is 100 Å². The molecule has 3 amide bonds. The zero-order valence-corrected chi connectivity index (χ0v) is 15.4. The fourth-order valence-electron chi connectivity index (χ4n) is 2.51. The number of nitrogens with one attached hydrogen (secondary N) is 3. The van der Waals surface area contributed by atoms with Crippen LogP contribution in [0.2, 0.25) is 0 Å². The SMILES string of the molecule is CC(=O)Nc1cccc(NC(=O)c2cc(C(=O)Nc3ccc(F)cc3)ccn2)c1. The summed E-state index contributed by atoms with van der Waals surface area (Å²) < 4.78 is 13.0. The maximum Gasteiger partial charge on any atom is 0.274 e. The number of carbonyl (C=O) groups is 3. The van der Waals surface area contributed by atoms with Crippen molar-refractivity contribution in [2.75, 3.05) is 16.0 Å². The van der Waals surface area contributed by atoms with Gasteiger partial charge in [-0.2, -0.15) is 0 Å². The molecule has 2 aromatic carbocycles. The van der Waals surface area contributed by atoms with E-state index in [0.29, 0.717) is 17.1 Å². The molecule has 7 nitrogen and oxygen atoms in total. The van der Waals surface area contributed by atoms with Gasteiger partial charge < -0.3 is 16.0 Å². The van der Waals surface area contributed by atoms with E-state index in [0.717, 1.165) is 0 Å². The molecule has 0 saturated heterocycles. The quantitative estimate of drug-likeness (QED) is 0.617. The Kier molecular flexibility index (Phi) is 5.94. The maximum absolute atomic E-state index is 13.0. The summed E-state index contributed by atoms with van der Waals surface area (Å²) in [6.45, 7) is 1.39. The first kappa shape index (κ1) is 19.7. The van der Waals surface area contributed by atoms with E-state index in [1.54, 1.807) is 24.3 Å². The van der Waals surface area contributed by atoms with Gasteiger partial charge in [0.1, 0.15) is 11.5 Å². The first-order valence-corrected chi connectivity index (χ1v) is 8.63. The number of halogens is 1. The molecule has 0 atom stereocenters. The van der Waals surface area contributed by atoms with Crippen molar-refractivity contribution in [1.29, 1.82) is 0 Å². The third-order valence-electron chi connectivity index (χ3n) is 3.80. The van der Waals surface area contributed by atoms with Crippen LogP contribution >= 0.6 is 0 Å². The van der Waals surface area contributed by atoms with E-state index in [1.165, 1.54) is 49.5 Å². The molecular formula is C21H17FN4O3. The fraction of sp³-hybridized carbons (Fsp3) is 0.0476. The van der Waals surface area contributed by atoms with Crippen molar-refractivity contribution in [3.8, 4) is 0 Å². The lowest BCUT2D eigenvalue weighted by Gasteiger charge is -2.09. The number of benzene rings is 2. The van der Waals surface area contributed by atoms with Crippen LogP contribution in [0.15, 0.2) is 66.9 Å². The Labute approximate surface area is 166 Å². The first-order valence-electron chi connectivity index (χ1n) is 8.63. The lowest BCUT2D eigenvalue weighted by molar-refractivity contribution is -0.114. The smallest absolute Gasteiger partial charge is 0.274 e. The number of aromatic nitrogens is 1. The van der Waals surface area contributed by atoms with Gasteiger partial charge >= 0.3 is 0 Å². The van der Waals surface area contributed by atoms with E-state index >= 15 is 0 Å². The Balaban J connectivity index is 1.71. The van der Waals surface area contributed by atoms with Crippen molar-refractivity contribution >= 4 is 34.8 Å². The summed E-state index contributed by atoms with van der Waals surface area (Å²) >= 11 is 0. The second-order valence-corrected chi connectivity index (χ2v) is 6.11. The number of nitrogens with zero attached hydrogens (tertiary/aromatic N) is 1. The molecule has 3 aromatic rings. The number of pyridine rings is 1. The van der Waals surface area contributed by atoms with Crippen molar-refractivity contribution in [3.63, 3.8) is 0 Å². The zero-order chi connectivity index (χ0) is 20.8. The van der Waals surface area contributed by atoms with Crippen LogP contribution in [0.1, 0.15) is 27.8 Å². The van der Waals surface area contributed by atoms with Crippen LogP contribution < -0.4 is 16.0 Å². The lowest BCUT2D eigenvalue weighted by Crippen LogP contribution is -2.17. The Morgan fingerprint density at radius 3 is 2.14 bits per heavy atom. The summed E-state index contributed by atoms with van der Waals surface area (Å²) in [6, 6.07) is 14.8. The average Bonchev–Trinajstić information content (AvgIpc) is 2.69. The predicted octanol–water partition coefficient (Wildman–Crippen LogP) is 3.68. The summed E-state index contributed by atoms with van der Waals surface area (Å²) in [5.41, 5.74) is 1.69. The molecule has 0 aliphatic heterocycles. The van der Waals surface area contributed by atoms with Gasteiger partial charge in [0.25, 0.3) is 11.8 Å². The zero-order valence-electron chi connectivity index (χ0n) is 15.4. The van der Waals surface area contributed by atoms with Crippen molar-refractivity contribution in [1.82, 2.24) is 4.98 Å². The molecule has 1 heterocycles. The Hall–Kier alpha value is -4.07. The number of rotatable bonds is 5. The van der Waals surface area contributed by atoms with Crippen LogP contribution in [-0.4, -0.2) is 22.7 Å². The molecule has 0 saturated carbocycles. The molecule has 0 bridgehead atoms. The van der Waals surface area contributed by atoms with Crippen LogP contribution in [0.3, 0.4) is 0 Å². The van der Waals surface area contributed by atoms with Crippen LogP contribution in [0.4, 0.5) is 21.5 Å². The minimum absolute atomic E-state index is 0.0432. The Bertz CT molecular complexity index is 1070. The third kappa shape index (κ3) is 5.46. The van der Waals surface area contributed by atoms with Crippen molar-refractivity contribution in [3.05, 3.63) is 83.9 Å². The van der Waals surface area contributed by atoms with E-state index in [2.05, 4.69) is 20.9 Å². The molecule has 0 spiro atoms. The second-order valence-electron chi connectivity index (χ2n) is 6.11. The van der Waals surface area contributed by atoms with Gasteiger partial charge in [0.15, 0.2) is 0 Å². The molecule has 0 radical (unpaired) electrons. The number of carbonyl (C=O) groups excluding carboxylic acids is 3. The molecular weight excluding hydrogens is 375 g/mol. The normalized spacial score (nSPS) is 10.1. The molecule has 0 aliphatic carbocycles. The fourth-order valence-corrected chi connectivity index (χ4v) is 2.51. The molecule has 29 heavy (non-hydrogen) atoms. The van der Waals surface area contributed by atoms with Crippen molar-refractivity contribution in [2.24, 2.45) is 0 Å². The van der Waals surface area contributed by atoms with E-state index in [-0.39, 0.29) is 17.2 Å². The third-order valence-corrected chi connectivity index (χ3v) is 3.80. The summed E-state index contributed by atoms with van der Waals surface area (Å²) in [6.07, 6.45) is 1.35. The monoisotopic (exact) mass is 392 g/mol. The highest BCUT2D eigenvalue weighted by atomic mass is 19.1. The van der Waals surface area contributed by atoms with E-state index in [1.807, 2.05) is 0 Å². The molecule has 1 aromatic heterocycles. The Morgan fingerprint density at radius 2 is 1.45 bits per heavy atom. The summed E-state index contributed by atoms with van der Waals surface area (Å²) in [5, 5.41) is 7.92. The molecule has 0 fully saturated rings. The minimum atomic E-state index is -0.513. The first-order chi connectivity index (χ1) is 13.9. The largest absolute Gasteiger partial charge is 0.326 e. The molecule has 8 heteroatoms. The number of hydrogen-bond acceptors (Lipinski definition) is 4. The van der Waals surface area contributed by atoms with Gasteiger partial charge in [0, 0.05) is 35.7 Å². The average molecular weight is 392 g/mol. The van der Waals surface area contributed by atoms with Crippen molar-refractivity contribution in [2.45, 2.75) is 6.92 Å². The molecule has 146 valence electrons. The summed E-state index contributed by atoms with van der Waals surface area (Å²) in [7, 11) is 0.